The van der Waals surface area contributed by atoms with E-state index in [0.717, 1.165) is 0 Å². The van der Waals surface area contributed by atoms with E-state index in [4.69, 9.17) is 0 Å². The van der Waals surface area contributed by atoms with Gasteiger partial charge in [-0.1, -0.05) is 5.16 Å². The van der Waals surface area contributed by atoms with Gasteiger partial charge in [-0.05, 0) is 24.2 Å². The molecular formula is C9H9N5O2. The number of aromatic nitrogens is 3. The number of anilines is 2. The Bertz CT molecular complexity index is 482. The van der Waals surface area contributed by atoms with Crippen molar-refractivity contribution in [1.29, 1.82) is 0 Å². The van der Waals surface area contributed by atoms with Gasteiger partial charge < -0.3 is 5.32 Å². The summed E-state index contributed by atoms with van der Waals surface area (Å²) in [5, 5.41) is 12.2. The van der Waals surface area contributed by atoms with E-state index in [-0.39, 0.29) is 0 Å². The standard InChI is InChI=1S/C9H9N5O2/c1-6-8(14-16-13-6)12-9(15)11-7-2-4-10-5-3-7/h2-5H,1H3,(H2,10,11,12,14,15). The van der Waals surface area contributed by atoms with E-state index in [0.29, 0.717) is 17.2 Å². The van der Waals surface area contributed by atoms with Gasteiger partial charge in [0, 0.05) is 18.1 Å². The number of nitrogens with one attached hydrogen (secondary N) is 2. The zero-order valence-corrected chi connectivity index (χ0v) is 8.47. The van der Waals surface area contributed by atoms with Crippen molar-refractivity contribution >= 4 is 17.5 Å². The molecular weight excluding hydrogens is 210 g/mol. The molecule has 0 aliphatic carbocycles. The molecule has 2 heterocycles. The molecule has 2 aromatic heterocycles. The average Bonchev–Trinajstić information content (AvgIpc) is 2.66. The summed E-state index contributed by atoms with van der Waals surface area (Å²) < 4.78 is 4.44. The lowest BCUT2D eigenvalue weighted by Crippen LogP contribution is -2.20. The molecule has 0 radical (unpaired) electrons. The Morgan fingerprint density at radius 1 is 1.25 bits per heavy atom. The largest absolute Gasteiger partial charge is 0.324 e. The van der Waals surface area contributed by atoms with E-state index >= 15 is 0 Å². The summed E-state index contributed by atoms with van der Waals surface area (Å²) in [6, 6.07) is 2.94. The molecule has 7 nitrogen and oxygen atoms in total. The van der Waals surface area contributed by atoms with Crippen LogP contribution in [0.4, 0.5) is 16.3 Å². The van der Waals surface area contributed by atoms with Crippen LogP contribution in [0.25, 0.3) is 0 Å². The number of carbonyl (C=O) groups is 1. The van der Waals surface area contributed by atoms with Crippen LogP contribution in [0, 0.1) is 6.92 Å². The number of nitrogens with zero attached hydrogens (tertiary/aromatic N) is 3. The van der Waals surface area contributed by atoms with E-state index in [1.807, 2.05) is 0 Å². The van der Waals surface area contributed by atoms with E-state index in [1.54, 1.807) is 31.5 Å². The van der Waals surface area contributed by atoms with Crippen molar-refractivity contribution in [3.05, 3.63) is 30.2 Å². The van der Waals surface area contributed by atoms with Gasteiger partial charge in [0.1, 0.15) is 5.69 Å². The Labute approximate surface area is 90.8 Å². The van der Waals surface area contributed by atoms with Crippen molar-refractivity contribution in [2.45, 2.75) is 6.92 Å². The van der Waals surface area contributed by atoms with Gasteiger partial charge in [0.15, 0.2) is 0 Å². The molecule has 0 atom stereocenters. The molecule has 0 spiro atoms. The molecule has 0 unspecified atom stereocenters. The summed E-state index contributed by atoms with van der Waals surface area (Å²) >= 11 is 0. The molecule has 16 heavy (non-hydrogen) atoms. The molecule has 82 valence electrons. The quantitative estimate of drug-likeness (QED) is 0.796. The van der Waals surface area contributed by atoms with Gasteiger partial charge >= 0.3 is 6.03 Å². The van der Waals surface area contributed by atoms with Gasteiger partial charge in [0.2, 0.25) is 5.82 Å². The number of amides is 2. The van der Waals surface area contributed by atoms with Crippen LogP contribution in [0.1, 0.15) is 5.69 Å². The second-order valence-electron chi connectivity index (χ2n) is 3.01. The molecule has 0 saturated carbocycles. The Hall–Kier alpha value is -2.44. The van der Waals surface area contributed by atoms with E-state index in [2.05, 4.69) is 30.6 Å². The highest BCUT2D eigenvalue weighted by Crippen LogP contribution is 2.08. The van der Waals surface area contributed by atoms with Crippen LogP contribution in [-0.2, 0) is 0 Å². The Balaban J connectivity index is 1.98. The second kappa shape index (κ2) is 4.39. The highest BCUT2D eigenvalue weighted by Gasteiger charge is 2.08. The fourth-order valence-electron chi connectivity index (χ4n) is 1.05. The lowest BCUT2D eigenvalue weighted by atomic mass is 10.4. The third-order valence-electron chi connectivity index (χ3n) is 1.82. The summed E-state index contributed by atoms with van der Waals surface area (Å²) in [5.74, 6) is 0.298. The predicted molar refractivity (Wildman–Crippen MR) is 55.9 cm³/mol. The Kier molecular flexibility index (Phi) is 2.77. The number of carbonyl (C=O) groups excluding carboxylic acids is 1. The third kappa shape index (κ3) is 2.32. The Morgan fingerprint density at radius 3 is 2.62 bits per heavy atom. The number of urea groups is 1. The molecule has 0 aromatic carbocycles. The predicted octanol–water partition coefficient (Wildman–Crippen LogP) is 1.42. The molecule has 2 N–H and O–H groups in total. The smallest absolute Gasteiger partial charge is 0.308 e. The second-order valence-corrected chi connectivity index (χ2v) is 3.01. The fourth-order valence-corrected chi connectivity index (χ4v) is 1.05. The first-order chi connectivity index (χ1) is 7.75. The minimum Gasteiger partial charge on any atom is -0.308 e. The summed E-state index contributed by atoms with van der Waals surface area (Å²) in [5.41, 5.74) is 1.16. The van der Waals surface area contributed by atoms with Crippen molar-refractivity contribution in [2.75, 3.05) is 10.6 Å². The molecule has 2 amide bonds. The number of hydrogen-bond donors (Lipinski definition) is 2. The molecule has 0 saturated heterocycles. The third-order valence-corrected chi connectivity index (χ3v) is 1.82. The lowest BCUT2D eigenvalue weighted by molar-refractivity contribution is 0.261. The van der Waals surface area contributed by atoms with Crippen LogP contribution < -0.4 is 10.6 Å². The van der Waals surface area contributed by atoms with Crippen molar-refractivity contribution in [1.82, 2.24) is 15.3 Å². The minimum atomic E-state index is -0.412. The molecule has 2 rings (SSSR count). The van der Waals surface area contributed by atoms with Gasteiger partial charge in [0.25, 0.3) is 0 Å². The normalized spacial score (nSPS) is 9.81. The topological polar surface area (TPSA) is 92.9 Å². The fraction of sp³-hybridized carbons (Fsp3) is 0.111. The van der Waals surface area contributed by atoms with Crippen LogP contribution in [0.5, 0.6) is 0 Å². The highest BCUT2D eigenvalue weighted by molar-refractivity contribution is 5.99. The molecule has 7 heteroatoms. The maximum absolute atomic E-state index is 11.5. The maximum atomic E-state index is 11.5. The number of pyridine rings is 1. The monoisotopic (exact) mass is 219 g/mol. The number of aryl methyl sites for hydroxylation is 1. The molecule has 0 aliphatic rings. The van der Waals surface area contributed by atoms with E-state index in [1.165, 1.54) is 0 Å². The SMILES string of the molecule is Cc1nonc1NC(=O)Nc1ccncc1. The van der Waals surface area contributed by atoms with Crippen LogP contribution in [0.15, 0.2) is 29.2 Å². The Morgan fingerprint density at radius 2 is 2.00 bits per heavy atom. The summed E-state index contributed by atoms with van der Waals surface area (Å²) in [7, 11) is 0. The zero-order valence-electron chi connectivity index (χ0n) is 8.47. The van der Waals surface area contributed by atoms with Crippen molar-refractivity contribution < 1.29 is 9.42 Å². The average molecular weight is 219 g/mol. The van der Waals surface area contributed by atoms with Gasteiger partial charge in [0.05, 0.1) is 0 Å². The first-order valence-electron chi connectivity index (χ1n) is 4.53. The summed E-state index contributed by atoms with van der Waals surface area (Å²) in [6.45, 7) is 1.68. The van der Waals surface area contributed by atoms with Gasteiger partial charge in [-0.3, -0.25) is 10.3 Å². The first-order valence-corrected chi connectivity index (χ1v) is 4.53. The summed E-state index contributed by atoms with van der Waals surface area (Å²) in [4.78, 5) is 15.3. The first kappa shape index (κ1) is 10.1. The van der Waals surface area contributed by atoms with Crippen LogP contribution in [0.2, 0.25) is 0 Å². The molecule has 2 aromatic rings. The van der Waals surface area contributed by atoms with Crippen molar-refractivity contribution in [3.63, 3.8) is 0 Å². The van der Waals surface area contributed by atoms with Gasteiger partial charge in [-0.15, -0.1) is 0 Å². The molecule has 0 fully saturated rings. The highest BCUT2D eigenvalue weighted by atomic mass is 16.6. The maximum Gasteiger partial charge on any atom is 0.324 e. The molecule has 0 aliphatic heterocycles. The molecule has 0 bridgehead atoms. The lowest BCUT2D eigenvalue weighted by Gasteiger charge is -2.04. The van der Waals surface area contributed by atoms with Gasteiger partial charge in [-0.2, -0.15) is 0 Å². The van der Waals surface area contributed by atoms with Crippen molar-refractivity contribution in [3.8, 4) is 0 Å². The van der Waals surface area contributed by atoms with Crippen molar-refractivity contribution in [2.24, 2.45) is 0 Å². The number of rotatable bonds is 2. The van der Waals surface area contributed by atoms with E-state index in [9.17, 15) is 4.79 Å². The zero-order chi connectivity index (χ0) is 11.4. The summed E-state index contributed by atoms with van der Waals surface area (Å²) in [6.07, 6.45) is 3.16. The number of hydrogen-bond acceptors (Lipinski definition) is 5. The van der Waals surface area contributed by atoms with Gasteiger partial charge in [-0.25, -0.2) is 9.42 Å². The van der Waals surface area contributed by atoms with Crippen LogP contribution >= 0.6 is 0 Å². The van der Waals surface area contributed by atoms with Crippen LogP contribution in [-0.4, -0.2) is 21.3 Å². The minimum absolute atomic E-state index is 0.298. The van der Waals surface area contributed by atoms with Crippen LogP contribution in [0.3, 0.4) is 0 Å². The van der Waals surface area contributed by atoms with E-state index < -0.39 is 6.03 Å².